The van der Waals surface area contributed by atoms with E-state index in [-0.39, 0.29) is 28.9 Å². The van der Waals surface area contributed by atoms with E-state index in [1.807, 2.05) is 27.7 Å². The van der Waals surface area contributed by atoms with Crippen LogP contribution in [-0.2, 0) is 18.6 Å². The number of alkyl halides is 3. The maximum atomic E-state index is 13.9. The van der Waals surface area contributed by atoms with Gasteiger partial charge in [0.1, 0.15) is 11.2 Å². The monoisotopic (exact) mass is 482 g/mol. The van der Waals surface area contributed by atoms with Crippen LogP contribution in [0.5, 0.6) is 0 Å². The van der Waals surface area contributed by atoms with Crippen molar-refractivity contribution >= 4 is 35.0 Å². The molecule has 4 nitrogen and oxygen atoms in total. The number of rotatable bonds is 2. The molecule has 2 heterocycles. The average molecular weight is 483 g/mol. The molecule has 2 aromatic carbocycles. The van der Waals surface area contributed by atoms with E-state index in [1.165, 1.54) is 0 Å². The molecule has 2 aromatic heterocycles. The molecule has 170 valence electrons. The number of aromatic amines is 1. The van der Waals surface area contributed by atoms with Gasteiger partial charge in [-0.05, 0) is 30.7 Å². The summed E-state index contributed by atoms with van der Waals surface area (Å²) in [6, 6.07) is 9.58. The van der Waals surface area contributed by atoms with E-state index in [9.17, 15) is 13.2 Å². The molecule has 4 aromatic rings. The summed E-state index contributed by atoms with van der Waals surface area (Å²) < 4.78 is 43.5. The first-order chi connectivity index (χ1) is 14.4. The van der Waals surface area contributed by atoms with Crippen LogP contribution in [0.2, 0.25) is 5.02 Å². The molecule has 1 N–H and O–H groups in total. The van der Waals surface area contributed by atoms with Crippen molar-refractivity contribution in [1.82, 2.24) is 19.7 Å². The van der Waals surface area contributed by atoms with Crippen molar-refractivity contribution in [3.8, 4) is 22.6 Å². The quantitative estimate of drug-likeness (QED) is 0.325. The SMILES string of the molecule is Cc1c(C(C)(C)C)nn(C)c1-c1nc2c(C(F)(F)F)cc(-c3ccccc3Cl)cc2[nH]1.Cl. The van der Waals surface area contributed by atoms with Gasteiger partial charge in [-0.3, -0.25) is 4.68 Å². The molecule has 0 aliphatic heterocycles. The van der Waals surface area contributed by atoms with Crippen LogP contribution in [0, 0.1) is 6.92 Å². The summed E-state index contributed by atoms with van der Waals surface area (Å²) in [5, 5.41) is 4.97. The normalized spacial score (nSPS) is 12.3. The maximum absolute atomic E-state index is 13.9. The van der Waals surface area contributed by atoms with Gasteiger partial charge >= 0.3 is 6.18 Å². The average Bonchev–Trinajstić information content (AvgIpc) is 3.20. The van der Waals surface area contributed by atoms with E-state index in [0.717, 1.165) is 17.3 Å². The second kappa shape index (κ2) is 8.12. The summed E-state index contributed by atoms with van der Waals surface area (Å²) in [5.74, 6) is 0.347. The van der Waals surface area contributed by atoms with Crippen molar-refractivity contribution in [3.63, 3.8) is 0 Å². The molecule has 0 aliphatic rings. The third-order valence-corrected chi connectivity index (χ3v) is 5.63. The van der Waals surface area contributed by atoms with Crippen LogP contribution < -0.4 is 0 Å². The van der Waals surface area contributed by atoms with Gasteiger partial charge in [0.15, 0.2) is 5.82 Å². The molecule has 0 saturated heterocycles. The van der Waals surface area contributed by atoms with Crippen LogP contribution in [0.4, 0.5) is 13.2 Å². The van der Waals surface area contributed by atoms with Crippen LogP contribution in [0.15, 0.2) is 36.4 Å². The third-order valence-electron chi connectivity index (χ3n) is 5.30. The lowest BCUT2D eigenvalue weighted by molar-refractivity contribution is -0.136. The highest BCUT2D eigenvalue weighted by molar-refractivity contribution is 6.33. The number of fused-ring (bicyclic) bond motifs is 1. The molecular weight excluding hydrogens is 460 g/mol. The Bertz CT molecular complexity index is 1300. The second-order valence-electron chi connectivity index (χ2n) is 8.68. The highest BCUT2D eigenvalue weighted by atomic mass is 35.5. The number of benzene rings is 2. The van der Waals surface area contributed by atoms with Crippen molar-refractivity contribution in [2.75, 3.05) is 0 Å². The number of hydrogen-bond donors (Lipinski definition) is 1. The lowest BCUT2D eigenvalue weighted by Crippen LogP contribution is -2.13. The fraction of sp³-hybridized carbons (Fsp3) is 0.304. The molecular formula is C23H23Cl2F3N4. The zero-order chi connectivity index (χ0) is 22.7. The van der Waals surface area contributed by atoms with E-state index in [4.69, 9.17) is 11.6 Å². The third kappa shape index (κ3) is 4.11. The minimum atomic E-state index is -4.57. The molecule has 0 atom stereocenters. The summed E-state index contributed by atoms with van der Waals surface area (Å²) in [4.78, 5) is 7.44. The number of hydrogen-bond acceptors (Lipinski definition) is 2. The van der Waals surface area contributed by atoms with E-state index in [2.05, 4.69) is 15.1 Å². The molecule has 0 radical (unpaired) electrons. The first-order valence-electron chi connectivity index (χ1n) is 9.78. The lowest BCUT2D eigenvalue weighted by Gasteiger charge is -2.16. The number of halogens is 5. The van der Waals surface area contributed by atoms with Crippen LogP contribution in [-0.4, -0.2) is 19.7 Å². The summed E-state index contributed by atoms with van der Waals surface area (Å²) in [6.07, 6.45) is -4.57. The number of imidazole rings is 1. The summed E-state index contributed by atoms with van der Waals surface area (Å²) in [7, 11) is 1.77. The number of aromatic nitrogens is 4. The topological polar surface area (TPSA) is 46.5 Å². The predicted octanol–water partition coefficient (Wildman–Crippen LogP) is 7.33. The van der Waals surface area contributed by atoms with Crippen molar-refractivity contribution in [1.29, 1.82) is 0 Å². The van der Waals surface area contributed by atoms with Crippen LogP contribution >= 0.6 is 24.0 Å². The van der Waals surface area contributed by atoms with E-state index in [0.29, 0.717) is 27.7 Å². The molecule has 0 amide bonds. The Kier molecular flexibility index (Phi) is 6.13. The molecule has 0 unspecified atom stereocenters. The highest BCUT2D eigenvalue weighted by Gasteiger charge is 2.35. The zero-order valence-corrected chi connectivity index (χ0v) is 19.8. The number of aryl methyl sites for hydroxylation is 1. The number of nitrogens with zero attached hydrogens (tertiary/aromatic N) is 3. The van der Waals surface area contributed by atoms with Crippen molar-refractivity contribution in [2.45, 2.75) is 39.3 Å². The Morgan fingerprint density at radius 2 is 1.72 bits per heavy atom. The molecule has 0 aliphatic carbocycles. The van der Waals surface area contributed by atoms with E-state index in [1.54, 1.807) is 42.1 Å². The van der Waals surface area contributed by atoms with Crippen molar-refractivity contribution in [3.05, 3.63) is 58.2 Å². The van der Waals surface area contributed by atoms with Gasteiger partial charge in [-0.15, -0.1) is 12.4 Å². The maximum Gasteiger partial charge on any atom is 0.418 e. The number of nitrogens with one attached hydrogen (secondary N) is 1. The molecule has 0 fully saturated rings. The predicted molar refractivity (Wildman–Crippen MR) is 124 cm³/mol. The number of H-pyrrole nitrogens is 1. The summed E-state index contributed by atoms with van der Waals surface area (Å²) in [5.41, 5.74) is 2.46. The minimum absolute atomic E-state index is 0. The standard InChI is InChI=1S/C23H22ClF3N4.ClH/c1-12-19(31(5)30-20(12)22(2,3)4)21-28-17-11-13(14-8-6-7-9-16(14)24)10-15(18(17)29-21)23(25,26)27;/h6-11H,1-5H3,(H,28,29);1H. The van der Waals surface area contributed by atoms with Crippen LogP contribution in [0.25, 0.3) is 33.7 Å². The minimum Gasteiger partial charge on any atom is -0.337 e. The van der Waals surface area contributed by atoms with Gasteiger partial charge in [-0.25, -0.2) is 4.98 Å². The fourth-order valence-electron chi connectivity index (χ4n) is 3.97. The first-order valence-corrected chi connectivity index (χ1v) is 10.2. The molecule has 0 spiro atoms. The Hall–Kier alpha value is -2.51. The highest BCUT2D eigenvalue weighted by Crippen LogP contribution is 2.40. The Morgan fingerprint density at radius 3 is 2.28 bits per heavy atom. The molecule has 0 bridgehead atoms. The van der Waals surface area contributed by atoms with Crippen molar-refractivity contribution in [2.24, 2.45) is 7.05 Å². The molecule has 32 heavy (non-hydrogen) atoms. The van der Waals surface area contributed by atoms with Gasteiger partial charge in [0.25, 0.3) is 0 Å². The van der Waals surface area contributed by atoms with Gasteiger partial charge in [-0.1, -0.05) is 50.6 Å². The Labute approximate surface area is 195 Å². The van der Waals surface area contributed by atoms with Gasteiger partial charge in [0.05, 0.1) is 16.8 Å². The van der Waals surface area contributed by atoms with Crippen LogP contribution in [0.3, 0.4) is 0 Å². The fourth-order valence-corrected chi connectivity index (χ4v) is 4.21. The van der Waals surface area contributed by atoms with Gasteiger partial charge in [0.2, 0.25) is 0 Å². The lowest BCUT2D eigenvalue weighted by atomic mass is 9.89. The van der Waals surface area contributed by atoms with Gasteiger partial charge in [-0.2, -0.15) is 18.3 Å². The Balaban J connectivity index is 0.00000289. The smallest absolute Gasteiger partial charge is 0.337 e. The molecule has 0 saturated carbocycles. The molecule has 9 heteroatoms. The van der Waals surface area contributed by atoms with Crippen molar-refractivity contribution < 1.29 is 13.2 Å². The van der Waals surface area contributed by atoms with Gasteiger partial charge < -0.3 is 4.98 Å². The van der Waals surface area contributed by atoms with E-state index >= 15 is 0 Å². The summed E-state index contributed by atoms with van der Waals surface area (Å²) in [6.45, 7) is 8.04. The first kappa shape index (κ1) is 24.1. The van der Waals surface area contributed by atoms with Gasteiger partial charge in [0, 0.05) is 28.6 Å². The zero-order valence-electron chi connectivity index (χ0n) is 18.2. The molecule has 4 rings (SSSR count). The summed E-state index contributed by atoms with van der Waals surface area (Å²) >= 11 is 6.25. The van der Waals surface area contributed by atoms with Crippen LogP contribution in [0.1, 0.15) is 37.6 Å². The van der Waals surface area contributed by atoms with E-state index < -0.39 is 11.7 Å². The largest absolute Gasteiger partial charge is 0.418 e. The Morgan fingerprint density at radius 1 is 1.06 bits per heavy atom. The second-order valence-corrected chi connectivity index (χ2v) is 9.09.